The van der Waals surface area contributed by atoms with E-state index in [4.69, 9.17) is 0 Å². The first-order valence-electron chi connectivity index (χ1n) is 7.67. The molecule has 2 nitrogen and oxygen atoms in total. The molecular formula is C17H30N2. The van der Waals surface area contributed by atoms with Crippen molar-refractivity contribution in [2.24, 2.45) is 0 Å². The first kappa shape index (κ1) is 15.9. The van der Waals surface area contributed by atoms with Crippen LogP contribution >= 0.6 is 0 Å². The molecule has 1 atom stereocenters. The van der Waals surface area contributed by atoms with E-state index in [9.17, 15) is 0 Å². The number of nitrogens with zero attached hydrogens (tertiary/aromatic N) is 1. The standard InChI is InChI=1S/C17H30N2/c1-5-6-7-8-9-10-15(2)18-16-11-13-17(14-12-16)19(3)4/h11-15,18H,5-10H2,1-4H3. The highest BCUT2D eigenvalue weighted by molar-refractivity contribution is 5.54. The van der Waals surface area contributed by atoms with Crippen LogP contribution < -0.4 is 10.2 Å². The molecule has 0 bridgehead atoms. The van der Waals surface area contributed by atoms with E-state index in [0.29, 0.717) is 6.04 Å². The van der Waals surface area contributed by atoms with Crippen molar-refractivity contribution < 1.29 is 0 Å². The molecule has 0 radical (unpaired) electrons. The average Bonchev–Trinajstić information content (AvgIpc) is 2.39. The maximum atomic E-state index is 3.58. The van der Waals surface area contributed by atoms with Gasteiger partial charge in [-0.25, -0.2) is 0 Å². The highest BCUT2D eigenvalue weighted by atomic mass is 15.1. The average molecular weight is 262 g/mol. The van der Waals surface area contributed by atoms with Gasteiger partial charge in [-0.05, 0) is 37.6 Å². The topological polar surface area (TPSA) is 15.3 Å². The van der Waals surface area contributed by atoms with Gasteiger partial charge >= 0.3 is 0 Å². The second kappa shape index (κ2) is 8.84. The molecule has 0 heterocycles. The minimum Gasteiger partial charge on any atom is -0.383 e. The third-order valence-corrected chi connectivity index (χ3v) is 3.54. The van der Waals surface area contributed by atoms with E-state index < -0.39 is 0 Å². The van der Waals surface area contributed by atoms with Crippen LogP contribution in [-0.4, -0.2) is 20.1 Å². The number of rotatable bonds is 9. The summed E-state index contributed by atoms with van der Waals surface area (Å²) in [5.74, 6) is 0. The SMILES string of the molecule is CCCCCCCC(C)Nc1ccc(N(C)C)cc1. The maximum Gasteiger partial charge on any atom is 0.0362 e. The molecule has 0 fully saturated rings. The van der Waals surface area contributed by atoms with Crippen LogP contribution in [0.3, 0.4) is 0 Å². The summed E-state index contributed by atoms with van der Waals surface area (Å²) in [5, 5.41) is 3.58. The fourth-order valence-corrected chi connectivity index (χ4v) is 2.27. The summed E-state index contributed by atoms with van der Waals surface area (Å²) in [6.07, 6.45) is 8.07. The van der Waals surface area contributed by atoms with Crippen LogP contribution in [0.4, 0.5) is 11.4 Å². The molecule has 0 saturated carbocycles. The zero-order valence-corrected chi connectivity index (χ0v) is 13.1. The number of anilines is 2. The minimum absolute atomic E-state index is 0.562. The molecule has 0 aliphatic heterocycles. The van der Waals surface area contributed by atoms with Gasteiger partial charge in [-0.15, -0.1) is 0 Å². The largest absolute Gasteiger partial charge is 0.383 e. The Labute approximate surface area is 119 Å². The Morgan fingerprint density at radius 2 is 1.63 bits per heavy atom. The van der Waals surface area contributed by atoms with E-state index in [-0.39, 0.29) is 0 Å². The molecule has 1 unspecified atom stereocenters. The third kappa shape index (κ3) is 6.51. The van der Waals surface area contributed by atoms with Crippen LogP contribution in [0.2, 0.25) is 0 Å². The molecule has 0 aliphatic carbocycles. The summed E-state index contributed by atoms with van der Waals surface area (Å²) in [5.41, 5.74) is 2.48. The lowest BCUT2D eigenvalue weighted by atomic mass is 10.1. The van der Waals surface area contributed by atoms with Crippen LogP contribution in [0.5, 0.6) is 0 Å². The Bertz CT molecular complexity index is 330. The summed E-state index contributed by atoms with van der Waals surface area (Å²) in [6.45, 7) is 4.54. The number of hydrogen-bond donors (Lipinski definition) is 1. The van der Waals surface area contributed by atoms with Gasteiger partial charge in [-0.3, -0.25) is 0 Å². The second-order valence-corrected chi connectivity index (χ2v) is 5.69. The van der Waals surface area contributed by atoms with E-state index in [2.05, 4.69) is 62.4 Å². The predicted octanol–water partition coefficient (Wildman–Crippen LogP) is 4.91. The lowest BCUT2D eigenvalue weighted by Crippen LogP contribution is -2.15. The fraction of sp³-hybridized carbons (Fsp3) is 0.647. The lowest BCUT2D eigenvalue weighted by molar-refractivity contribution is 0.578. The van der Waals surface area contributed by atoms with Crippen LogP contribution in [-0.2, 0) is 0 Å². The molecule has 0 aliphatic rings. The van der Waals surface area contributed by atoms with Crippen molar-refractivity contribution in [3.05, 3.63) is 24.3 Å². The third-order valence-electron chi connectivity index (χ3n) is 3.54. The van der Waals surface area contributed by atoms with Gasteiger partial charge in [0.25, 0.3) is 0 Å². The molecule has 1 aromatic rings. The van der Waals surface area contributed by atoms with Gasteiger partial charge in [0, 0.05) is 31.5 Å². The Kier molecular flexibility index (Phi) is 7.39. The van der Waals surface area contributed by atoms with E-state index in [1.165, 1.54) is 49.9 Å². The van der Waals surface area contributed by atoms with Gasteiger partial charge in [0.1, 0.15) is 0 Å². The molecule has 19 heavy (non-hydrogen) atoms. The zero-order valence-electron chi connectivity index (χ0n) is 13.1. The number of unbranched alkanes of at least 4 members (excludes halogenated alkanes) is 4. The molecule has 2 heteroatoms. The van der Waals surface area contributed by atoms with Gasteiger partial charge in [-0.1, -0.05) is 39.0 Å². The predicted molar refractivity (Wildman–Crippen MR) is 87.2 cm³/mol. The summed E-state index contributed by atoms with van der Waals surface area (Å²) in [4.78, 5) is 2.13. The van der Waals surface area contributed by atoms with E-state index in [1.54, 1.807) is 0 Å². The number of benzene rings is 1. The molecule has 1 N–H and O–H groups in total. The highest BCUT2D eigenvalue weighted by Crippen LogP contribution is 2.17. The van der Waals surface area contributed by atoms with Crippen LogP contribution in [0.25, 0.3) is 0 Å². The zero-order chi connectivity index (χ0) is 14.1. The second-order valence-electron chi connectivity index (χ2n) is 5.69. The van der Waals surface area contributed by atoms with Crippen LogP contribution in [0, 0.1) is 0 Å². The quantitative estimate of drug-likeness (QED) is 0.636. The lowest BCUT2D eigenvalue weighted by Gasteiger charge is -2.17. The van der Waals surface area contributed by atoms with Gasteiger partial charge in [0.15, 0.2) is 0 Å². The first-order chi connectivity index (χ1) is 9.13. The fourth-order valence-electron chi connectivity index (χ4n) is 2.27. The summed E-state index contributed by atoms with van der Waals surface area (Å²) < 4.78 is 0. The smallest absolute Gasteiger partial charge is 0.0362 e. The first-order valence-corrected chi connectivity index (χ1v) is 7.67. The Morgan fingerprint density at radius 3 is 2.21 bits per heavy atom. The van der Waals surface area contributed by atoms with Gasteiger partial charge < -0.3 is 10.2 Å². The molecule has 0 aromatic heterocycles. The summed E-state index contributed by atoms with van der Waals surface area (Å²) in [7, 11) is 4.14. The molecule has 0 saturated heterocycles. The Hall–Kier alpha value is -1.18. The van der Waals surface area contributed by atoms with Crippen molar-refractivity contribution in [2.75, 3.05) is 24.3 Å². The molecule has 108 valence electrons. The number of hydrogen-bond acceptors (Lipinski definition) is 2. The number of nitrogens with one attached hydrogen (secondary N) is 1. The molecule has 1 aromatic carbocycles. The van der Waals surface area contributed by atoms with Crippen molar-refractivity contribution in [3.63, 3.8) is 0 Å². The van der Waals surface area contributed by atoms with Gasteiger partial charge in [0.2, 0.25) is 0 Å². The van der Waals surface area contributed by atoms with Gasteiger partial charge in [-0.2, -0.15) is 0 Å². The summed E-state index contributed by atoms with van der Waals surface area (Å²) >= 11 is 0. The van der Waals surface area contributed by atoms with E-state index in [0.717, 1.165) is 0 Å². The van der Waals surface area contributed by atoms with Crippen molar-refractivity contribution in [2.45, 2.75) is 58.4 Å². The van der Waals surface area contributed by atoms with Crippen LogP contribution in [0.1, 0.15) is 52.4 Å². The van der Waals surface area contributed by atoms with Crippen molar-refractivity contribution in [1.82, 2.24) is 0 Å². The van der Waals surface area contributed by atoms with E-state index in [1.807, 2.05) is 0 Å². The molecule has 0 spiro atoms. The van der Waals surface area contributed by atoms with Gasteiger partial charge in [0.05, 0.1) is 0 Å². The normalized spacial score (nSPS) is 12.2. The van der Waals surface area contributed by atoms with Crippen LogP contribution in [0.15, 0.2) is 24.3 Å². The van der Waals surface area contributed by atoms with Crippen molar-refractivity contribution >= 4 is 11.4 Å². The molecule has 0 amide bonds. The summed E-state index contributed by atoms with van der Waals surface area (Å²) in [6, 6.07) is 9.23. The highest BCUT2D eigenvalue weighted by Gasteiger charge is 2.02. The monoisotopic (exact) mass is 262 g/mol. The minimum atomic E-state index is 0.562. The Morgan fingerprint density at radius 1 is 1.00 bits per heavy atom. The molecule has 1 rings (SSSR count). The van der Waals surface area contributed by atoms with Crippen molar-refractivity contribution in [1.29, 1.82) is 0 Å². The molecular weight excluding hydrogens is 232 g/mol. The maximum absolute atomic E-state index is 3.58. The van der Waals surface area contributed by atoms with Crippen molar-refractivity contribution in [3.8, 4) is 0 Å². The van der Waals surface area contributed by atoms with E-state index >= 15 is 0 Å². The Balaban J connectivity index is 2.26.